The van der Waals surface area contributed by atoms with Gasteiger partial charge < -0.3 is 56.8 Å². The molecule has 0 N–H and O–H groups in total. The summed E-state index contributed by atoms with van der Waals surface area (Å²) in [6.45, 7) is 30.3. The Kier molecular flexibility index (Phi) is 44.7. The predicted molar refractivity (Wildman–Crippen MR) is 297 cm³/mol. The first-order valence-electron chi connectivity index (χ1n) is 26.9. The highest BCUT2D eigenvalue weighted by Crippen LogP contribution is 2.29. The molecular weight excluding hydrogens is 1160 g/mol. The van der Waals surface area contributed by atoms with Gasteiger partial charge in [0.25, 0.3) is 0 Å². The summed E-state index contributed by atoms with van der Waals surface area (Å²) in [7, 11) is 3.53. The van der Waals surface area contributed by atoms with Gasteiger partial charge in [0.2, 0.25) is 0 Å². The van der Waals surface area contributed by atoms with E-state index in [0.717, 1.165) is 41.5 Å². The van der Waals surface area contributed by atoms with Crippen molar-refractivity contribution in [3.8, 4) is 0 Å². The minimum atomic E-state index is -1.40. The maximum Gasteiger partial charge on any atom is 0.330 e. The molecule has 0 saturated carbocycles. The Morgan fingerprint density at radius 2 is 0.333 bits per heavy atom. The molecule has 0 saturated heterocycles. The minimum Gasteiger partial charge on any atom is -0.468 e. The van der Waals surface area contributed by atoms with Crippen LogP contribution in [0.15, 0.2) is 0 Å². The third-order valence-electron chi connectivity index (χ3n) is 12.4. The molecule has 30 heteroatoms. The summed E-state index contributed by atoms with van der Waals surface area (Å²) in [6, 6.07) is 0. The number of carbonyl (C=O) groups is 18. The predicted octanol–water partition coefficient (Wildman–Crippen LogP) is 5.16. The van der Waals surface area contributed by atoms with E-state index in [4.69, 9.17) is 14.2 Å². The molecule has 0 aromatic rings. The molecule has 0 amide bonds. The van der Waals surface area contributed by atoms with Gasteiger partial charge in [0.15, 0.2) is 32.5 Å². The van der Waals surface area contributed by atoms with Crippen molar-refractivity contribution in [1.29, 1.82) is 0 Å². The largest absolute Gasteiger partial charge is 0.468 e. The smallest absolute Gasteiger partial charge is 0.330 e. The second-order valence-electron chi connectivity index (χ2n) is 19.0. The highest BCUT2D eigenvalue weighted by atomic mass is 16.6. The van der Waals surface area contributed by atoms with Gasteiger partial charge in [-0.1, -0.05) is 41.5 Å². The van der Waals surface area contributed by atoms with Crippen molar-refractivity contribution in [3.63, 3.8) is 0 Å². The molecule has 0 rings (SSSR count). The molecule has 0 heterocycles. The SMILES string of the molecule is CCOC(=O)[C@@](C)(CC)C(=O)OC(C)=O.CCOC(=O)[C@@](C)(CC)C(=O)OC(C)=O.CCOC(=O)[C@@](C)(CC)C(=O)OC(C)=O.CC[C@](C)(C(=O)OC)C(=O)OC(C)=O.CC[C@](C)(C(=O)OC)C(=O)OC(C)=O.CC[C@](C)(C(=O)OC)C(=O)OC(C)=O. The number of esters is 18. The molecular formula is C57H90O30. The van der Waals surface area contributed by atoms with Gasteiger partial charge >= 0.3 is 107 Å². The van der Waals surface area contributed by atoms with Crippen molar-refractivity contribution in [3.05, 3.63) is 0 Å². The van der Waals surface area contributed by atoms with Crippen LogP contribution in [-0.2, 0) is 143 Å². The molecule has 0 aliphatic heterocycles. The Hall–Kier alpha value is -8.34. The first-order valence-corrected chi connectivity index (χ1v) is 26.9. The lowest BCUT2D eigenvalue weighted by atomic mass is 9.88. The van der Waals surface area contributed by atoms with Gasteiger partial charge in [0.05, 0.1) is 41.2 Å². The number of hydrogen-bond acceptors (Lipinski definition) is 30. The number of rotatable bonds is 21. The molecule has 0 aliphatic carbocycles. The van der Waals surface area contributed by atoms with E-state index in [0.29, 0.717) is 0 Å². The molecule has 87 heavy (non-hydrogen) atoms. The van der Waals surface area contributed by atoms with Crippen molar-refractivity contribution in [1.82, 2.24) is 0 Å². The van der Waals surface area contributed by atoms with Crippen LogP contribution in [0.25, 0.3) is 0 Å². The van der Waals surface area contributed by atoms with E-state index in [1.165, 1.54) is 62.9 Å². The van der Waals surface area contributed by atoms with E-state index < -0.39 is 140 Å². The summed E-state index contributed by atoms with van der Waals surface area (Å²) in [5.74, 6) is -13.7. The van der Waals surface area contributed by atoms with Crippen LogP contribution < -0.4 is 0 Å². The van der Waals surface area contributed by atoms with Crippen molar-refractivity contribution in [2.75, 3.05) is 41.2 Å². The van der Waals surface area contributed by atoms with Crippen molar-refractivity contribution in [2.24, 2.45) is 32.5 Å². The standard InChI is InChI=1S/3C10H16O5.3C9H14O5/c3*1-5-10(4,8(12)14-6-2)9(13)15-7(3)11;3*1-5-9(3,7(11)13-4)8(12)14-6(2)10/h3*5-6H2,1-4H3;3*5H2,1-4H3/t3*10-;3*9-/m111111/s1. The van der Waals surface area contributed by atoms with Crippen LogP contribution in [0.4, 0.5) is 0 Å². The van der Waals surface area contributed by atoms with E-state index in [1.54, 1.807) is 62.3 Å². The van der Waals surface area contributed by atoms with Gasteiger partial charge in [-0.2, -0.15) is 0 Å². The van der Waals surface area contributed by atoms with Crippen molar-refractivity contribution in [2.45, 2.75) is 184 Å². The average Bonchev–Trinajstić information content (AvgIpc) is 3.65. The maximum absolute atomic E-state index is 11.5. The molecule has 0 radical (unpaired) electrons. The van der Waals surface area contributed by atoms with Crippen molar-refractivity contribution < 1.29 is 143 Å². The second kappa shape index (κ2) is 43.3. The first-order chi connectivity index (χ1) is 39.8. The maximum atomic E-state index is 11.5. The molecule has 0 unspecified atom stereocenters. The topological polar surface area (TPSA) is 418 Å². The lowest BCUT2D eigenvalue weighted by Gasteiger charge is -2.22. The quantitative estimate of drug-likeness (QED) is 0.0813. The lowest BCUT2D eigenvalue weighted by molar-refractivity contribution is -0.177. The third-order valence-corrected chi connectivity index (χ3v) is 12.4. The zero-order chi connectivity index (χ0) is 70.2. The summed E-state index contributed by atoms with van der Waals surface area (Å²) in [5, 5.41) is 0. The molecule has 6 atom stereocenters. The van der Waals surface area contributed by atoms with E-state index in [9.17, 15) is 86.3 Å². The van der Waals surface area contributed by atoms with Gasteiger partial charge in [-0.3, -0.25) is 86.3 Å². The molecule has 0 aromatic carbocycles. The van der Waals surface area contributed by atoms with Crippen LogP contribution >= 0.6 is 0 Å². The molecule has 0 aromatic heterocycles. The summed E-state index contributed by atoms with van der Waals surface area (Å²) in [5.41, 5.74) is -8.41. The molecule has 0 fully saturated rings. The Bertz CT molecular complexity index is 2180. The van der Waals surface area contributed by atoms with Crippen LogP contribution in [0, 0.1) is 32.5 Å². The molecule has 30 nitrogen and oxygen atoms in total. The third kappa shape index (κ3) is 30.5. The van der Waals surface area contributed by atoms with E-state index in [1.807, 2.05) is 0 Å². The fraction of sp³-hybridized carbons (Fsp3) is 0.684. The summed E-state index contributed by atoms with van der Waals surface area (Å²) in [4.78, 5) is 200. The van der Waals surface area contributed by atoms with Gasteiger partial charge in [-0.25, -0.2) is 0 Å². The first kappa shape index (κ1) is 89.9. The Morgan fingerprint density at radius 1 is 0.218 bits per heavy atom. The van der Waals surface area contributed by atoms with E-state index in [2.05, 4.69) is 42.6 Å². The van der Waals surface area contributed by atoms with Gasteiger partial charge in [-0.05, 0) is 101 Å². The molecule has 0 bridgehead atoms. The van der Waals surface area contributed by atoms with Crippen LogP contribution in [0.1, 0.15) is 184 Å². The Balaban J connectivity index is -0.000000226. The monoisotopic (exact) mass is 1250 g/mol. The van der Waals surface area contributed by atoms with Crippen LogP contribution in [0.5, 0.6) is 0 Å². The van der Waals surface area contributed by atoms with Crippen molar-refractivity contribution >= 4 is 107 Å². The van der Waals surface area contributed by atoms with Crippen LogP contribution in [0.2, 0.25) is 0 Å². The van der Waals surface area contributed by atoms with E-state index in [-0.39, 0.29) is 58.3 Å². The van der Waals surface area contributed by atoms with Gasteiger partial charge in [0.1, 0.15) is 0 Å². The number of ether oxygens (including phenoxy) is 12. The summed E-state index contributed by atoms with van der Waals surface area (Å²) in [6.07, 6.45) is 1.30. The number of hydrogen-bond donors (Lipinski definition) is 0. The van der Waals surface area contributed by atoms with Crippen LogP contribution in [-0.4, -0.2) is 149 Å². The molecule has 498 valence electrons. The average molecular weight is 1260 g/mol. The Labute approximate surface area is 506 Å². The molecule has 0 aliphatic rings. The van der Waals surface area contributed by atoms with Crippen LogP contribution in [0.3, 0.4) is 0 Å². The van der Waals surface area contributed by atoms with Gasteiger partial charge in [0, 0.05) is 41.5 Å². The minimum absolute atomic E-state index is 0.182. The number of methoxy groups -OCH3 is 3. The zero-order valence-corrected chi connectivity index (χ0v) is 54.6. The normalized spacial score (nSPS) is 13.9. The fourth-order valence-electron chi connectivity index (χ4n) is 5.24. The summed E-state index contributed by atoms with van der Waals surface area (Å²) >= 11 is 0. The highest BCUT2D eigenvalue weighted by molar-refractivity contribution is 6.06. The molecule has 0 spiro atoms. The second-order valence-corrected chi connectivity index (χ2v) is 19.0. The lowest BCUT2D eigenvalue weighted by Crippen LogP contribution is -2.39. The number of carbonyl (C=O) groups excluding carboxylic acids is 18. The zero-order valence-electron chi connectivity index (χ0n) is 54.6. The fourth-order valence-corrected chi connectivity index (χ4v) is 5.24. The highest BCUT2D eigenvalue weighted by Gasteiger charge is 2.47. The van der Waals surface area contributed by atoms with E-state index >= 15 is 0 Å². The Morgan fingerprint density at radius 3 is 0.414 bits per heavy atom. The summed E-state index contributed by atoms with van der Waals surface area (Å²) < 4.78 is 53.9. The van der Waals surface area contributed by atoms with Gasteiger partial charge in [-0.15, -0.1) is 0 Å².